The van der Waals surface area contributed by atoms with Gasteiger partial charge in [0, 0.05) is 6.42 Å². The number of esters is 1. The van der Waals surface area contributed by atoms with Crippen LogP contribution in [0.3, 0.4) is 0 Å². The summed E-state index contributed by atoms with van der Waals surface area (Å²) in [5.41, 5.74) is 4.93. The van der Waals surface area contributed by atoms with Crippen molar-refractivity contribution in [2.75, 3.05) is 6.26 Å². The topological polar surface area (TPSA) is 78.6 Å². The summed E-state index contributed by atoms with van der Waals surface area (Å²) in [5, 5.41) is -0.119. The maximum atomic E-state index is 11.2. The Kier molecular flexibility index (Phi) is 6.43. The van der Waals surface area contributed by atoms with Gasteiger partial charge in [0.2, 0.25) is 0 Å². The lowest BCUT2D eigenvalue weighted by atomic mass is 10.2. The zero-order valence-electron chi connectivity index (χ0n) is 10.1. The van der Waals surface area contributed by atoms with E-state index in [0.29, 0.717) is 6.42 Å². The highest BCUT2D eigenvalue weighted by molar-refractivity contribution is 7.99. The van der Waals surface area contributed by atoms with E-state index in [0.717, 1.165) is 0 Å². The molecule has 94 valence electrons. The van der Waals surface area contributed by atoms with Gasteiger partial charge in [-0.3, -0.25) is 4.79 Å². The normalized spacial score (nSPS) is 13.1. The summed E-state index contributed by atoms with van der Waals surface area (Å²) in [6.45, 7) is 5.09. The highest BCUT2D eigenvalue weighted by Gasteiger charge is 2.20. The third kappa shape index (κ3) is 8.55. The highest BCUT2D eigenvalue weighted by atomic mass is 32.2. The number of ether oxygens (including phenoxy) is 2. The lowest BCUT2D eigenvalue weighted by Gasteiger charge is -2.18. The van der Waals surface area contributed by atoms with Gasteiger partial charge in [0.1, 0.15) is 5.60 Å². The molecule has 0 aromatic heterocycles. The molecule has 6 heteroatoms. The fraction of sp³-hybridized carbons (Fsp3) is 0.800. The van der Waals surface area contributed by atoms with E-state index < -0.39 is 17.7 Å². The molecule has 0 radical (unpaired) electrons. The van der Waals surface area contributed by atoms with Crippen LogP contribution < -0.4 is 5.73 Å². The molecule has 1 unspecified atom stereocenters. The van der Waals surface area contributed by atoms with Crippen molar-refractivity contribution in [3.63, 3.8) is 0 Å². The largest absolute Gasteiger partial charge is 0.516 e. The van der Waals surface area contributed by atoms with Gasteiger partial charge in [-0.2, -0.15) is 0 Å². The average molecular weight is 249 g/mol. The first-order chi connectivity index (χ1) is 7.24. The molecule has 0 aromatic carbocycles. The van der Waals surface area contributed by atoms with Gasteiger partial charge >= 0.3 is 12.1 Å². The van der Waals surface area contributed by atoms with Gasteiger partial charge in [-0.05, 0) is 33.4 Å². The molecule has 0 amide bonds. The average Bonchev–Trinajstić information content (AvgIpc) is 2.10. The smallest absolute Gasteiger partial charge is 0.428 e. The Hall–Kier alpha value is -0.750. The summed E-state index contributed by atoms with van der Waals surface area (Å²) in [5.74, 6) is -0.612. The van der Waals surface area contributed by atoms with Crippen LogP contribution >= 0.6 is 11.8 Å². The van der Waals surface area contributed by atoms with Crippen LogP contribution in [-0.4, -0.2) is 29.4 Å². The molecule has 16 heavy (non-hydrogen) atoms. The molecule has 1 atom stereocenters. The molecule has 0 aromatic rings. The summed E-state index contributed by atoms with van der Waals surface area (Å²) in [7, 11) is 0. The minimum Gasteiger partial charge on any atom is -0.428 e. The molecule has 5 nitrogen and oxygen atoms in total. The second-order valence-corrected chi connectivity index (χ2v) is 5.33. The zero-order chi connectivity index (χ0) is 12.8. The molecule has 0 aliphatic carbocycles. The molecule has 0 heterocycles. The van der Waals surface area contributed by atoms with E-state index in [-0.39, 0.29) is 11.8 Å². The van der Waals surface area contributed by atoms with Gasteiger partial charge in [0.15, 0.2) is 0 Å². The first kappa shape index (κ1) is 15.2. The first-order valence-corrected chi connectivity index (χ1v) is 6.25. The highest BCUT2D eigenvalue weighted by Crippen LogP contribution is 2.10. The fourth-order valence-corrected chi connectivity index (χ4v) is 1.15. The van der Waals surface area contributed by atoms with Crippen molar-refractivity contribution in [3.8, 4) is 0 Å². The van der Waals surface area contributed by atoms with Crippen LogP contribution in [0.1, 0.15) is 33.6 Å². The van der Waals surface area contributed by atoms with Gasteiger partial charge in [0.05, 0.1) is 5.37 Å². The molecular formula is C10H19NO4S. The van der Waals surface area contributed by atoms with Crippen molar-refractivity contribution < 1.29 is 19.1 Å². The van der Waals surface area contributed by atoms with Gasteiger partial charge < -0.3 is 15.2 Å². The van der Waals surface area contributed by atoms with Crippen LogP contribution in [0.15, 0.2) is 0 Å². The van der Waals surface area contributed by atoms with Crippen molar-refractivity contribution in [3.05, 3.63) is 0 Å². The number of hydrogen-bond acceptors (Lipinski definition) is 6. The van der Waals surface area contributed by atoms with E-state index in [2.05, 4.69) is 4.74 Å². The summed E-state index contributed by atoms with van der Waals surface area (Å²) in [6.07, 6.45) is 1.48. The lowest BCUT2D eigenvalue weighted by molar-refractivity contribution is -0.141. The quantitative estimate of drug-likeness (QED) is 0.465. The zero-order valence-corrected chi connectivity index (χ0v) is 10.9. The molecule has 0 aliphatic heterocycles. The Morgan fingerprint density at radius 3 is 2.38 bits per heavy atom. The summed E-state index contributed by atoms with van der Waals surface area (Å²) < 4.78 is 9.28. The van der Waals surface area contributed by atoms with E-state index in [1.54, 1.807) is 20.8 Å². The molecule has 2 N–H and O–H groups in total. The van der Waals surface area contributed by atoms with Crippen molar-refractivity contribution in [1.82, 2.24) is 0 Å². The van der Waals surface area contributed by atoms with Gasteiger partial charge in [-0.1, -0.05) is 0 Å². The number of thioether (sulfide) groups is 1. The molecule has 0 saturated heterocycles. The minimum absolute atomic E-state index is 0.112. The van der Waals surface area contributed by atoms with Crippen LogP contribution in [0, 0.1) is 0 Å². The number of hydrogen-bond donors (Lipinski definition) is 1. The first-order valence-electron chi connectivity index (χ1n) is 4.96. The molecular weight excluding hydrogens is 230 g/mol. The Labute approximate surface area is 100 Å². The molecule has 0 saturated carbocycles. The third-order valence-corrected chi connectivity index (χ3v) is 2.36. The summed E-state index contributed by atoms with van der Waals surface area (Å²) in [6, 6.07) is 0. The SMILES string of the molecule is CSC(N)CCC(=O)OC(=O)OC(C)(C)C. The number of rotatable bonds is 4. The van der Waals surface area contributed by atoms with Crippen molar-refractivity contribution in [2.45, 2.75) is 44.6 Å². The fourth-order valence-electron chi connectivity index (χ4n) is 0.793. The van der Waals surface area contributed by atoms with Crippen LogP contribution in [0.2, 0.25) is 0 Å². The van der Waals surface area contributed by atoms with E-state index >= 15 is 0 Å². The van der Waals surface area contributed by atoms with Gasteiger partial charge in [-0.25, -0.2) is 4.79 Å². The van der Waals surface area contributed by atoms with E-state index in [1.165, 1.54) is 11.8 Å². The third-order valence-electron chi connectivity index (χ3n) is 1.52. The molecule has 0 fully saturated rings. The van der Waals surface area contributed by atoms with Gasteiger partial charge in [-0.15, -0.1) is 11.8 Å². The Morgan fingerprint density at radius 1 is 1.38 bits per heavy atom. The maximum Gasteiger partial charge on any atom is 0.516 e. The monoisotopic (exact) mass is 249 g/mol. The molecule has 0 rings (SSSR count). The van der Waals surface area contributed by atoms with E-state index in [4.69, 9.17) is 10.5 Å². The Balaban J connectivity index is 3.84. The van der Waals surface area contributed by atoms with E-state index in [9.17, 15) is 9.59 Å². The number of nitrogens with two attached hydrogens (primary N) is 1. The van der Waals surface area contributed by atoms with Crippen molar-refractivity contribution >= 4 is 23.9 Å². The maximum absolute atomic E-state index is 11.2. The van der Waals surface area contributed by atoms with Gasteiger partial charge in [0.25, 0.3) is 0 Å². The van der Waals surface area contributed by atoms with Crippen LogP contribution in [0.25, 0.3) is 0 Å². The number of carbonyl (C=O) groups is 2. The lowest BCUT2D eigenvalue weighted by Crippen LogP contribution is -2.26. The summed E-state index contributed by atoms with van der Waals surface area (Å²) >= 11 is 1.45. The number of carbonyl (C=O) groups excluding carboxylic acids is 2. The van der Waals surface area contributed by atoms with Crippen molar-refractivity contribution in [2.24, 2.45) is 5.73 Å². The van der Waals surface area contributed by atoms with Crippen LogP contribution in [-0.2, 0) is 14.3 Å². The standard InChI is InChI=1S/C10H19NO4S/c1-10(2,3)15-9(13)14-8(12)6-5-7(11)16-4/h7H,5-6,11H2,1-4H3. The van der Waals surface area contributed by atoms with Crippen LogP contribution in [0.4, 0.5) is 4.79 Å². The minimum atomic E-state index is -0.963. The van der Waals surface area contributed by atoms with Crippen LogP contribution in [0.5, 0.6) is 0 Å². The second kappa shape index (κ2) is 6.75. The van der Waals surface area contributed by atoms with Crippen molar-refractivity contribution in [1.29, 1.82) is 0 Å². The molecule has 0 bridgehead atoms. The predicted molar refractivity (Wildman–Crippen MR) is 63.1 cm³/mol. The Morgan fingerprint density at radius 2 is 1.94 bits per heavy atom. The summed E-state index contributed by atoms with van der Waals surface area (Å²) in [4.78, 5) is 22.3. The second-order valence-electron chi connectivity index (χ2n) is 4.25. The predicted octanol–water partition coefficient (Wildman–Crippen LogP) is 1.89. The Bertz CT molecular complexity index is 250. The molecule has 0 spiro atoms. The molecule has 0 aliphatic rings. The van der Waals surface area contributed by atoms with E-state index in [1.807, 2.05) is 6.26 Å².